The number of ether oxygens (including phenoxy) is 1. The van der Waals surface area contributed by atoms with Gasteiger partial charge in [0.25, 0.3) is 5.91 Å². The minimum absolute atomic E-state index is 0.0762. The Bertz CT molecular complexity index is 420. The number of hydrazine groups is 1. The van der Waals surface area contributed by atoms with Crippen molar-refractivity contribution in [1.82, 2.24) is 20.2 Å². The monoisotopic (exact) mass is 280 g/mol. The molecule has 1 atom stereocenters. The molecule has 2 fully saturated rings. The smallest absolute Gasteiger partial charge is 0.250 e. The summed E-state index contributed by atoms with van der Waals surface area (Å²) < 4.78 is 5.23. The molecule has 1 unspecified atom stereocenters. The van der Waals surface area contributed by atoms with E-state index in [0.29, 0.717) is 39.3 Å². The average Bonchev–Trinajstić information content (AvgIpc) is 2.96. The minimum Gasteiger partial charge on any atom is -0.378 e. The largest absolute Gasteiger partial charge is 0.378 e. The van der Waals surface area contributed by atoms with Gasteiger partial charge in [-0.3, -0.25) is 9.59 Å². The summed E-state index contributed by atoms with van der Waals surface area (Å²) in [5, 5.41) is 1.85. The van der Waals surface area contributed by atoms with Crippen LogP contribution in [-0.4, -0.2) is 72.1 Å². The van der Waals surface area contributed by atoms with E-state index in [4.69, 9.17) is 4.74 Å². The van der Waals surface area contributed by atoms with Gasteiger partial charge < -0.3 is 19.5 Å². The van der Waals surface area contributed by atoms with Crippen molar-refractivity contribution in [1.29, 1.82) is 0 Å². The van der Waals surface area contributed by atoms with Crippen LogP contribution in [0.3, 0.4) is 0 Å². The zero-order valence-corrected chi connectivity index (χ0v) is 11.5. The lowest BCUT2D eigenvalue weighted by Gasteiger charge is -2.32. The third-order valence-electron chi connectivity index (χ3n) is 3.95. The molecule has 110 valence electrons. The van der Waals surface area contributed by atoms with E-state index in [9.17, 15) is 9.59 Å². The van der Waals surface area contributed by atoms with Crippen molar-refractivity contribution in [3.05, 3.63) is 12.4 Å². The second-order valence-corrected chi connectivity index (χ2v) is 5.19. The summed E-state index contributed by atoms with van der Waals surface area (Å²) in [6.45, 7) is 3.80. The van der Waals surface area contributed by atoms with E-state index in [-0.39, 0.29) is 17.9 Å². The molecule has 0 bridgehead atoms. The first-order chi connectivity index (χ1) is 9.75. The van der Waals surface area contributed by atoms with Gasteiger partial charge in [-0.1, -0.05) is 0 Å². The molecular weight excluding hydrogens is 260 g/mol. The molecule has 0 aromatic carbocycles. The Morgan fingerprint density at radius 3 is 2.95 bits per heavy atom. The van der Waals surface area contributed by atoms with Crippen LogP contribution in [0.2, 0.25) is 0 Å². The molecule has 1 N–H and O–H groups in total. The molecule has 0 aromatic rings. The van der Waals surface area contributed by atoms with Crippen LogP contribution in [0.4, 0.5) is 0 Å². The molecule has 3 aliphatic heterocycles. The summed E-state index contributed by atoms with van der Waals surface area (Å²) in [6, 6.07) is -0.113. The Kier molecular flexibility index (Phi) is 3.88. The predicted molar refractivity (Wildman–Crippen MR) is 71.1 cm³/mol. The van der Waals surface area contributed by atoms with Gasteiger partial charge >= 0.3 is 0 Å². The number of fused-ring (bicyclic) bond motifs is 1. The predicted octanol–water partition coefficient (Wildman–Crippen LogP) is -0.872. The third-order valence-corrected chi connectivity index (χ3v) is 3.95. The maximum atomic E-state index is 12.2. The first kappa shape index (κ1) is 13.4. The Labute approximate surface area is 118 Å². The number of hydrogen-bond donors (Lipinski definition) is 1. The van der Waals surface area contributed by atoms with E-state index in [2.05, 4.69) is 5.43 Å². The first-order valence-electron chi connectivity index (χ1n) is 7.12. The summed E-state index contributed by atoms with van der Waals surface area (Å²) in [6.07, 6.45) is 4.81. The molecule has 0 aliphatic carbocycles. The number of nitrogens with zero attached hydrogens (tertiary/aromatic N) is 3. The molecule has 0 saturated carbocycles. The Morgan fingerprint density at radius 1 is 1.35 bits per heavy atom. The third kappa shape index (κ3) is 2.64. The van der Waals surface area contributed by atoms with E-state index in [0.717, 1.165) is 13.0 Å². The Balaban J connectivity index is 1.52. The van der Waals surface area contributed by atoms with Gasteiger partial charge in [0.2, 0.25) is 5.91 Å². The highest BCUT2D eigenvalue weighted by Crippen LogP contribution is 2.18. The molecule has 0 radical (unpaired) electrons. The SMILES string of the molecule is O=C1C2CCNN2C=CN1CCC(=O)N1CCOCC1. The lowest BCUT2D eigenvalue weighted by Crippen LogP contribution is -2.49. The average molecular weight is 280 g/mol. The second-order valence-electron chi connectivity index (χ2n) is 5.19. The van der Waals surface area contributed by atoms with Crippen molar-refractivity contribution in [3.8, 4) is 0 Å². The summed E-state index contributed by atoms with van der Waals surface area (Å²) in [4.78, 5) is 27.8. The lowest BCUT2D eigenvalue weighted by atomic mass is 10.1. The molecule has 20 heavy (non-hydrogen) atoms. The zero-order chi connectivity index (χ0) is 13.9. The van der Waals surface area contributed by atoms with Crippen LogP contribution in [-0.2, 0) is 14.3 Å². The zero-order valence-electron chi connectivity index (χ0n) is 11.5. The maximum Gasteiger partial charge on any atom is 0.250 e. The van der Waals surface area contributed by atoms with Crippen molar-refractivity contribution >= 4 is 11.8 Å². The van der Waals surface area contributed by atoms with Crippen LogP contribution in [0, 0.1) is 0 Å². The topological polar surface area (TPSA) is 65.1 Å². The second kappa shape index (κ2) is 5.80. The molecule has 0 spiro atoms. The fraction of sp³-hybridized carbons (Fsp3) is 0.692. The van der Waals surface area contributed by atoms with Crippen LogP contribution in [0.15, 0.2) is 12.4 Å². The molecule has 2 saturated heterocycles. The van der Waals surface area contributed by atoms with Crippen LogP contribution >= 0.6 is 0 Å². The van der Waals surface area contributed by atoms with Crippen LogP contribution in [0.5, 0.6) is 0 Å². The molecule has 7 nitrogen and oxygen atoms in total. The fourth-order valence-corrected chi connectivity index (χ4v) is 2.77. The van der Waals surface area contributed by atoms with Gasteiger partial charge in [-0.15, -0.1) is 0 Å². The molecule has 0 aromatic heterocycles. The fourth-order valence-electron chi connectivity index (χ4n) is 2.77. The van der Waals surface area contributed by atoms with Gasteiger partial charge in [-0.25, -0.2) is 5.43 Å². The summed E-state index contributed by atoms with van der Waals surface area (Å²) >= 11 is 0. The van der Waals surface area contributed by atoms with Gasteiger partial charge in [0.15, 0.2) is 0 Å². The number of carbonyl (C=O) groups excluding carboxylic acids is 2. The van der Waals surface area contributed by atoms with Gasteiger partial charge in [0, 0.05) is 45.0 Å². The van der Waals surface area contributed by atoms with E-state index >= 15 is 0 Å². The van der Waals surface area contributed by atoms with Gasteiger partial charge in [0.1, 0.15) is 6.04 Å². The summed E-state index contributed by atoms with van der Waals surface area (Å²) in [7, 11) is 0. The van der Waals surface area contributed by atoms with Gasteiger partial charge in [-0.2, -0.15) is 0 Å². The Morgan fingerprint density at radius 2 is 2.15 bits per heavy atom. The molecule has 3 aliphatic rings. The number of hydrogen-bond acceptors (Lipinski definition) is 5. The molecule has 3 rings (SSSR count). The van der Waals surface area contributed by atoms with Gasteiger partial charge in [-0.05, 0) is 6.42 Å². The van der Waals surface area contributed by atoms with Crippen LogP contribution in [0.25, 0.3) is 0 Å². The standard InChI is InChI=1S/C13H20N4O3/c18-12(15-7-9-20-10-8-15)2-4-16-5-6-17-11(13(16)19)1-3-14-17/h5-6,11,14H,1-4,7-10H2. The molecule has 2 amide bonds. The first-order valence-corrected chi connectivity index (χ1v) is 7.12. The van der Waals surface area contributed by atoms with Crippen molar-refractivity contribution in [3.63, 3.8) is 0 Å². The van der Waals surface area contributed by atoms with E-state index < -0.39 is 0 Å². The van der Waals surface area contributed by atoms with Gasteiger partial charge in [0.05, 0.1) is 13.2 Å². The van der Waals surface area contributed by atoms with E-state index in [1.165, 1.54) is 0 Å². The normalized spacial score (nSPS) is 26.1. The highest BCUT2D eigenvalue weighted by atomic mass is 16.5. The lowest BCUT2D eigenvalue weighted by molar-refractivity contribution is -0.138. The van der Waals surface area contributed by atoms with Crippen molar-refractivity contribution < 1.29 is 14.3 Å². The number of rotatable bonds is 3. The van der Waals surface area contributed by atoms with Crippen molar-refractivity contribution in [2.75, 3.05) is 39.4 Å². The van der Waals surface area contributed by atoms with E-state index in [1.54, 1.807) is 11.1 Å². The number of carbonyl (C=O) groups is 2. The van der Waals surface area contributed by atoms with E-state index in [1.807, 2.05) is 16.1 Å². The number of morpholine rings is 1. The summed E-state index contributed by atoms with van der Waals surface area (Å²) in [5.41, 5.74) is 3.14. The van der Waals surface area contributed by atoms with Crippen molar-refractivity contribution in [2.45, 2.75) is 18.9 Å². The number of nitrogens with one attached hydrogen (secondary N) is 1. The molecule has 7 heteroatoms. The number of amides is 2. The van der Waals surface area contributed by atoms with Crippen molar-refractivity contribution in [2.24, 2.45) is 0 Å². The Hall–Kier alpha value is -1.60. The minimum atomic E-state index is -0.113. The highest BCUT2D eigenvalue weighted by molar-refractivity contribution is 5.85. The highest BCUT2D eigenvalue weighted by Gasteiger charge is 2.34. The quantitative estimate of drug-likeness (QED) is 0.728. The molecular formula is C13H20N4O3. The molecule has 3 heterocycles. The summed E-state index contributed by atoms with van der Waals surface area (Å²) in [5.74, 6) is 0.175. The van der Waals surface area contributed by atoms with Crippen LogP contribution < -0.4 is 5.43 Å². The maximum absolute atomic E-state index is 12.2. The van der Waals surface area contributed by atoms with Crippen LogP contribution in [0.1, 0.15) is 12.8 Å².